The van der Waals surface area contributed by atoms with E-state index >= 15 is 0 Å². The molecule has 102 valence electrons. The molecular weight excluding hydrogens is 425 g/mol. The number of carbonyl (C=O) groups is 2. The zero-order chi connectivity index (χ0) is 14.0. The van der Waals surface area contributed by atoms with Crippen molar-refractivity contribution < 1.29 is 14.7 Å². The average Bonchev–Trinajstić information content (AvgIpc) is 2.41. The van der Waals surface area contributed by atoms with Crippen LogP contribution in [-0.4, -0.2) is 35.0 Å². The standard InChI is InChI=1S/C13H13BrINO3/c14-9-1-2-11(15)10(7-9)12(17)16-5-3-8(4-6-16)13(18)19/h1-2,7-8H,3-6H2,(H,18,19). The molecule has 2 rings (SSSR count). The van der Waals surface area contributed by atoms with Crippen molar-refractivity contribution in [3.8, 4) is 0 Å². The van der Waals surface area contributed by atoms with Crippen molar-refractivity contribution in [2.24, 2.45) is 5.92 Å². The predicted octanol–water partition coefficient (Wildman–Crippen LogP) is 2.99. The Hall–Kier alpha value is -0.630. The SMILES string of the molecule is O=C(O)C1CCN(C(=O)c2cc(Br)ccc2I)CC1. The second kappa shape index (κ2) is 6.21. The topological polar surface area (TPSA) is 57.6 Å². The van der Waals surface area contributed by atoms with E-state index in [-0.39, 0.29) is 11.8 Å². The van der Waals surface area contributed by atoms with Gasteiger partial charge in [-0.15, -0.1) is 0 Å². The Morgan fingerprint density at radius 1 is 1.32 bits per heavy atom. The summed E-state index contributed by atoms with van der Waals surface area (Å²) in [6.07, 6.45) is 1.07. The lowest BCUT2D eigenvalue weighted by atomic mass is 9.96. The first-order valence-corrected chi connectivity index (χ1v) is 7.83. The molecule has 1 aliphatic rings. The van der Waals surface area contributed by atoms with Gasteiger partial charge in [-0.2, -0.15) is 0 Å². The summed E-state index contributed by atoms with van der Waals surface area (Å²) in [6, 6.07) is 5.60. The monoisotopic (exact) mass is 437 g/mol. The van der Waals surface area contributed by atoms with Gasteiger partial charge >= 0.3 is 5.97 Å². The quantitative estimate of drug-likeness (QED) is 0.723. The van der Waals surface area contributed by atoms with Crippen molar-refractivity contribution in [2.45, 2.75) is 12.8 Å². The van der Waals surface area contributed by atoms with Crippen molar-refractivity contribution in [3.05, 3.63) is 31.8 Å². The molecule has 1 saturated heterocycles. The lowest BCUT2D eigenvalue weighted by Gasteiger charge is -2.30. The van der Waals surface area contributed by atoms with E-state index in [0.717, 1.165) is 8.04 Å². The highest BCUT2D eigenvalue weighted by Crippen LogP contribution is 2.23. The zero-order valence-electron chi connectivity index (χ0n) is 10.1. The first-order valence-electron chi connectivity index (χ1n) is 5.96. The summed E-state index contributed by atoms with van der Waals surface area (Å²) >= 11 is 5.51. The number of piperidine rings is 1. The smallest absolute Gasteiger partial charge is 0.306 e. The Morgan fingerprint density at radius 2 is 1.95 bits per heavy atom. The molecule has 1 amide bonds. The van der Waals surface area contributed by atoms with E-state index in [2.05, 4.69) is 38.5 Å². The van der Waals surface area contributed by atoms with Gasteiger partial charge in [-0.1, -0.05) is 15.9 Å². The maximum Gasteiger partial charge on any atom is 0.306 e. The Kier molecular flexibility index (Phi) is 4.83. The molecule has 0 unspecified atom stereocenters. The molecule has 0 aromatic heterocycles. The van der Waals surface area contributed by atoms with Crippen LogP contribution in [0.3, 0.4) is 0 Å². The maximum absolute atomic E-state index is 12.4. The van der Waals surface area contributed by atoms with E-state index in [1.165, 1.54) is 0 Å². The number of likely N-dealkylation sites (tertiary alicyclic amines) is 1. The first kappa shape index (κ1) is 14.8. The Balaban J connectivity index is 2.09. The highest BCUT2D eigenvalue weighted by molar-refractivity contribution is 14.1. The second-order valence-electron chi connectivity index (χ2n) is 4.53. The Labute approximate surface area is 133 Å². The summed E-state index contributed by atoms with van der Waals surface area (Å²) in [5.74, 6) is -1.09. The van der Waals surface area contributed by atoms with Gasteiger partial charge in [0.15, 0.2) is 0 Å². The van der Waals surface area contributed by atoms with E-state index in [1.807, 2.05) is 18.2 Å². The number of nitrogens with zero attached hydrogens (tertiary/aromatic N) is 1. The molecule has 1 fully saturated rings. The van der Waals surface area contributed by atoms with Crippen molar-refractivity contribution in [3.63, 3.8) is 0 Å². The molecule has 1 aromatic rings. The zero-order valence-corrected chi connectivity index (χ0v) is 13.8. The third kappa shape index (κ3) is 3.47. The molecule has 1 aliphatic heterocycles. The summed E-state index contributed by atoms with van der Waals surface area (Å²) in [4.78, 5) is 25.0. The highest BCUT2D eigenvalue weighted by Gasteiger charge is 2.28. The largest absolute Gasteiger partial charge is 0.481 e. The number of aliphatic carboxylic acids is 1. The van der Waals surface area contributed by atoms with Gasteiger partial charge in [-0.25, -0.2) is 0 Å². The fraction of sp³-hybridized carbons (Fsp3) is 0.385. The molecule has 1 aromatic carbocycles. The van der Waals surface area contributed by atoms with E-state index in [4.69, 9.17) is 5.11 Å². The van der Waals surface area contributed by atoms with Crippen LogP contribution < -0.4 is 0 Å². The number of carboxylic acid groups (broad SMARTS) is 1. The van der Waals surface area contributed by atoms with Gasteiger partial charge in [-0.3, -0.25) is 9.59 Å². The number of carboxylic acids is 1. The van der Waals surface area contributed by atoms with Crippen LogP contribution in [0.15, 0.2) is 22.7 Å². The van der Waals surface area contributed by atoms with Gasteiger partial charge in [0.1, 0.15) is 0 Å². The van der Waals surface area contributed by atoms with Gasteiger partial charge < -0.3 is 10.0 Å². The number of halogens is 2. The minimum Gasteiger partial charge on any atom is -0.481 e. The van der Waals surface area contributed by atoms with E-state index in [0.29, 0.717) is 31.5 Å². The van der Waals surface area contributed by atoms with Crippen LogP contribution >= 0.6 is 38.5 Å². The van der Waals surface area contributed by atoms with Crippen molar-refractivity contribution in [2.75, 3.05) is 13.1 Å². The fourth-order valence-electron chi connectivity index (χ4n) is 2.16. The molecule has 19 heavy (non-hydrogen) atoms. The van der Waals surface area contributed by atoms with Gasteiger partial charge in [0, 0.05) is 21.1 Å². The van der Waals surface area contributed by atoms with Crippen LogP contribution in [-0.2, 0) is 4.79 Å². The molecule has 4 nitrogen and oxygen atoms in total. The van der Waals surface area contributed by atoms with Crippen LogP contribution in [0.1, 0.15) is 23.2 Å². The molecule has 0 saturated carbocycles. The molecule has 0 aliphatic carbocycles. The van der Waals surface area contributed by atoms with Crippen LogP contribution in [0, 0.1) is 9.49 Å². The summed E-state index contributed by atoms with van der Waals surface area (Å²) in [5, 5.41) is 8.95. The lowest BCUT2D eigenvalue weighted by Crippen LogP contribution is -2.40. The predicted molar refractivity (Wildman–Crippen MR) is 83.1 cm³/mol. The van der Waals surface area contributed by atoms with Crippen molar-refractivity contribution >= 4 is 50.4 Å². The van der Waals surface area contributed by atoms with Crippen molar-refractivity contribution in [1.82, 2.24) is 4.90 Å². The third-order valence-electron chi connectivity index (χ3n) is 3.29. The third-order valence-corrected chi connectivity index (χ3v) is 4.72. The second-order valence-corrected chi connectivity index (χ2v) is 6.61. The normalized spacial score (nSPS) is 16.4. The average molecular weight is 438 g/mol. The molecule has 6 heteroatoms. The summed E-state index contributed by atoms with van der Waals surface area (Å²) in [6.45, 7) is 1.02. The number of benzene rings is 1. The van der Waals surface area contributed by atoms with Crippen molar-refractivity contribution in [1.29, 1.82) is 0 Å². The highest BCUT2D eigenvalue weighted by atomic mass is 127. The Bertz CT molecular complexity index is 513. The van der Waals surface area contributed by atoms with E-state index in [1.54, 1.807) is 4.90 Å². The Morgan fingerprint density at radius 3 is 2.53 bits per heavy atom. The van der Waals surface area contributed by atoms with Crippen LogP contribution in [0.25, 0.3) is 0 Å². The molecule has 0 spiro atoms. The summed E-state index contributed by atoms with van der Waals surface area (Å²) in [5.41, 5.74) is 0.670. The number of rotatable bonds is 2. The molecule has 0 bridgehead atoms. The number of amides is 1. The van der Waals surface area contributed by atoms with Crippen LogP contribution in [0.5, 0.6) is 0 Å². The van der Waals surface area contributed by atoms with Crippen LogP contribution in [0.2, 0.25) is 0 Å². The molecule has 1 N–H and O–H groups in total. The van der Waals surface area contributed by atoms with Gasteiger partial charge in [0.25, 0.3) is 5.91 Å². The molecular formula is C13H13BrINO3. The van der Waals surface area contributed by atoms with Crippen LogP contribution in [0.4, 0.5) is 0 Å². The van der Waals surface area contributed by atoms with E-state index in [9.17, 15) is 9.59 Å². The maximum atomic E-state index is 12.4. The van der Waals surface area contributed by atoms with E-state index < -0.39 is 5.97 Å². The van der Waals surface area contributed by atoms with Gasteiger partial charge in [0.2, 0.25) is 0 Å². The first-order chi connectivity index (χ1) is 8.99. The number of hydrogen-bond donors (Lipinski definition) is 1. The lowest BCUT2D eigenvalue weighted by molar-refractivity contribution is -0.143. The number of hydrogen-bond acceptors (Lipinski definition) is 2. The summed E-state index contributed by atoms with van der Waals surface area (Å²) < 4.78 is 1.78. The van der Waals surface area contributed by atoms with Gasteiger partial charge in [0.05, 0.1) is 11.5 Å². The fourth-order valence-corrected chi connectivity index (χ4v) is 3.09. The minimum atomic E-state index is -0.760. The summed E-state index contributed by atoms with van der Waals surface area (Å²) in [7, 11) is 0. The molecule has 0 atom stereocenters. The molecule has 1 heterocycles. The van der Waals surface area contributed by atoms with Gasteiger partial charge in [-0.05, 0) is 53.6 Å². The minimum absolute atomic E-state index is 0.0189. The molecule has 0 radical (unpaired) electrons. The number of carbonyl (C=O) groups excluding carboxylic acids is 1.